The molecule has 1 aliphatic heterocycles. The third-order valence-corrected chi connectivity index (χ3v) is 3.09. The third-order valence-electron chi connectivity index (χ3n) is 3.09. The van der Waals surface area contributed by atoms with Crippen molar-refractivity contribution in [3.8, 4) is 0 Å². The Labute approximate surface area is 92.0 Å². The summed E-state index contributed by atoms with van der Waals surface area (Å²) in [7, 11) is 0. The number of hydrogen-bond donors (Lipinski definition) is 0. The van der Waals surface area contributed by atoms with Gasteiger partial charge in [0.15, 0.2) is 5.79 Å². The van der Waals surface area contributed by atoms with Crippen LogP contribution in [0.15, 0.2) is 23.8 Å². The molecule has 2 heteroatoms. The van der Waals surface area contributed by atoms with Gasteiger partial charge in [-0.15, -0.1) is 0 Å². The predicted octanol–water partition coefficient (Wildman–Crippen LogP) is 3.05. The molecule has 0 bridgehead atoms. The number of ether oxygens (including phenoxy) is 2. The standard InChI is InChI=1S/C13H20O2/c1-11(2)3-4-12-5-7-13(8-6-12)14-9-10-15-13/h3,5,7,12H,4,6,8-10H2,1-2H3. The van der Waals surface area contributed by atoms with E-state index in [-0.39, 0.29) is 5.79 Å². The molecule has 0 amide bonds. The van der Waals surface area contributed by atoms with Gasteiger partial charge in [0.25, 0.3) is 0 Å². The first-order valence-corrected chi connectivity index (χ1v) is 5.81. The van der Waals surface area contributed by atoms with Gasteiger partial charge in [-0.05, 0) is 38.7 Å². The quantitative estimate of drug-likeness (QED) is 0.649. The van der Waals surface area contributed by atoms with Crippen molar-refractivity contribution in [1.82, 2.24) is 0 Å². The van der Waals surface area contributed by atoms with Crippen LogP contribution in [0.2, 0.25) is 0 Å². The molecular formula is C13H20O2. The van der Waals surface area contributed by atoms with Crippen LogP contribution in [-0.4, -0.2) is 19.0 Å². The van der Waals surface area contributed by atoms with Crippen molar-refractivity contribution in [2.24, 2.45) is 5.92 Å². The van der Waals surface area contributed by atoms with Crippen LogP contribution in [0, 0.1) is 5.92 Å². The second kappa shape index (κ2) is 4.50. The van der Waals surface area contributed by atoms with Gasteiger partial charge in [0.05, 0.1) is 13.2 Å². The third kappa shape index (κ3) is 2.70. The zero-order chi connectivity index (χ0) is 10.7. The van der Waals surface area contributed by atoms with Crippen molar-refractivity contribution >= 4 is 0 Å². The summed E-state index contributed by atoms with van der Waals surface area (Å²) in [4.78, 5) is 0. The van der Waals surface area contributed by atoms with Crippen LogP contribution in [0.25, 0.3) is 0 Å². The maximum absolute atomic E-state index is 5.63. The molecule has 0 aromatic carbocycles. The lowest BCUT2D eigenvalue weighted by Gasteiger charge is -2.29. The summed E-state index contributed by atoms with van der Waals surface area (Å²) < 4.78 is 11.3. The summed E-state index contributed by atoms with van der Waals surface area (Å²) in [5.74, 6) is 0.305. The normalized spacial score (nSPS) is 28.3. The summed E-state index contributed by atoms with van der Waals surface area (Å²) in [6, 6.07) is 0. The molecule has 0 N–H and O–H groups in total. The van der Waals surface area contributed by atoms with E-state index in [9.17, 15) is 0 Å². The number of hydrogen-bond acceptors (Lipinski definition) is 2. The first kappa shape index (κ1) is 10.9. The van der Waals surface area contributed by atoms with Gasteiger partial charge < -0.3 is 9.47 Å². The van der Waals surface area contributed by atoms with Crippen molar-refractivity contribution in [3.63, 3.8) is 0 Å². The van der Waals surface area contributed by atoms with E-state index in [1.807, 2.05) is 0 Å². The van der Waals surface area contributed by atoms with Gasteiger partial charge in [-0.2, -0.15) is 0 Å². The molecule has 1 spiro atoms. The molecular weight excluding hydrogens is 188 g/mol. The molecule has 0 aromatic heterocycles. The molecule has 2 aliphatic rings. The summed E-state index contributed by atoms with van der Waals surface area (Å²) in [6.45, 7) is 5.78. The fourth-order valence-corrected chi connectivity index (χ4v) is 2.14. The Morgan fingerprint density at radius 2 is 2.13 bits per heavy atom. The molecule has 1 saturated heterocycles. The highest BCUT2D eigenvalue weighted by Gasteiger charge is 2.36. The van der Waals surface area contributed by atoms with E-state index < -0.39 is 0 Å². The Kier molecular flexibility index (Phi) is 3.27. The molecule has 84 valence electrons. The highest BCUT2D eigenvalue weighted by Crippen LogP contribution is 2.34. The van der Waals surface area contributed by atoms with Crippen molar-refractivity contribution in [2.45, 2.75) is 38.9 Å². The van der Waals surface area contributed by atoms with Crippen LogP contribution in [0.5, 0.6) is 0 Å². The zero-order valence-corrected chi connectivity index (χ0v) is 9.66. The van der Waals surface area contributed by atoms with Crippen molar-refractivity contribution < 1.29 is 9.47 Å². The van der Waals surface area contributed by atoms with E-state index in [4.69, 9.17) is 9.47 Å². The maximum atomic E-state index is 5.63. The summed E-state index contributed by atoms with van der Waals surface area (Å²) in [5, 5.41) is 0. The van der Waals surface area contributed by atoms with Gasteiger partial charge in [-0.3, -0.25) is 0 Å². The van der Waals surface area contributed by atoms with Crippen LogP contribution in [0.4, 0.5) is 0 Å². The second-order valence-electron chi connectivity index (χ2n) is 4.68. The summed E-state index contributed by atoms with van der Waals surface area (Å²) in [5.41, 5.74) is 1.40. The smallest absolute Gasteiger partial charge is 0.188 e. The largest absolute Gasteiger partial charge is 0.344 e. The number of allylic oxidation sites excluding steroid dienone is 3. The molecule has 0 aromatic rings. The van der Waals surface area contributed by atoms with Crippen LogP contribution in [-0.2, 0) is 9.47 Å². The van der Waals surface area contributed by atoms with Gasteiger partial charge in [0, 0.05) is 6.42 Å². The SMILES string of the molecule is CC(C)=CCC1C=CC2(CC1)OCCO2. The molecule has 1 aliphatic carbocycles. The second-order valence-corrected chi connectivity index (χ2v) is 4.68. The van der Waals surface area contributed by atoms with E-state index in [0.717, 1.165) is 26.1 Å². The first-order valence-electron chi connectivity index (χ1n) is 5.81. The van der Waals surface area contributed by atoms with E-state index in [0.29, 0.717) is 5.92 Å². The highest BCUT2D eigenvalue weighted by molar-refractivity contribution is 5.08. The van der Waals surface area contributed by atoms with Gasteiger partial charge in [0.1, 0.15) is 0 Å². The molecule has 2 rings (SSSR count). The minimum atomic E-state index is -0.360. The van der Waals surface area contributed by atoms with Gasteiger partial charge in [-0.1, -0.05) is 17.7 Å². The fraction of sp³-hybridized carbons (Fsp3) is 0.692. The molecule has 15 heavy (non-hydrogen) atoms. The topological polar surface area (TPSA) is 18.5 Å². The minimum Gasteiger partial charge on any atom is -0.344 e. The average molecular weight is 208 g/mol. The van der Waals surface area contributed by atoms with Crippen LogP contribution >= 0.6 is 0 Å². The lowest BCUT2D eigenvalue weighted by Crippen LogP contribution is -2.30. The molecule has 1 unspecified atom stereocenters. The Morgan fingerprint density at radius 1 is 1.40 bits per heavy atom. The summed E-state index contributed by atoms with van der Waals surface area (Å²) >= 11 is 0. The van der Waals surface area contributed by atoms with Crippen LogP contribution in [0.1, 0.15) is 33.1 Å². The van der Waals surface area contributed by atoms with Gasteiger partial charge in [-0.25, -0.2) is 0 Å². The Balaban J connectivity index is 1.91. The van der Waals surface area contributed by atoms with Gasteiger partial charge in [0.2, 0.25) is 0 Å². The Hall–Kier alpha value is -0.600. The van der Waals surface area contributed by atoms with Crippen molar-refractivity contribution in [2.75, 3.05) is 13.2 Å². The fourth-order valence-electron chi connectivity index (χ4n) is 2.14. The van der Waals surface area contributed by atoms with E-state index in [1.54, 1.807) is 0 Å². The molecule has 0 saturated carbocycles. The average Bonchev–Trinajstić information content (AvgIpc) is 2.66. The van der Waals surface area contributed by atoms with Crippen molar-refractivity contribution in [3.05, 3.63) is 23.8 Å². The monoisotopic (exact) mass is 208 g/mol. The van der Waals surface area contributed by atoms with E-state index >= 15 is 0 Å². The molecule has 2 nitrogen and oxygen atoms in total. The Bertz CT molecular complexity index is 268. The van der Waals surface area contributed by atoms with Crippen LogP contribution < -0.4 is 0 Å². The Morgan fingerprint density at radius 3 is 2.67 bits per heavy atom. The van der Waals surface area contributed by atoms with E-state index in [2.05, 4.69) is 32.1 Å². The van der Waals surface area contributed by atoms with Crippen molar-refractivity contribution in [1.29, 1.82) is 0 Å². The first-order chi connectivity index (χ1) is 7.20. The summed E-state index contributed by atoms with van der Waals surface area (Å²) in [6.07, 6.45) is 10.0. The van der Waals surface area contributed by atoms with E-state index in [1.165, 1.54) is 12.0 Å². The predicted molar refractivity (Wildman–Crippen MR) is 60.5 cm³/mol. The maximum Gasteiger partial charge on any atom is 0.188 e. The molecule has 1 fully saturated rings. The molecule has 1 heterocycles. The lowest BCUT2D eigenvalue weighted by molar-refractivity contribution is -0.127. The number of rotatable bonds is 2. The van der Waals surface area contributed by atoms with Crippen LogP contribution in [0.3, 0.4) is 0 Å². The highest BCUT2D eigenvalue weighted by atomic mass is 16.7. The van der Waals surface area contributed by atoms with Gasteiger partial charge >= 0.3 is 0 Å². The minimum absolute atomic E-state index is 0.360. The zero-order valence-electron chi connectivity index (χ0n) is 9.66. The lowest BCUT2D eigenvalue weighted by atomic mass is 9.89. The molecule has 1 atom stereocenters. The molecule has 0 radical (unpaired) electrons.